The molecule has 21 heavy (non-hydrogen) atoms. The van der Waals surface area contributed by atoms with Crippen LogP contribution >= 0.6 is 0 Å². The Balaban J connectivity index is 1.88. The maximum Gasteiger partial charge on any atom is 0.323 e. The third-order valence-corrected chi connectivity index (χ3v) is 5.18. The third kappa shape index (κ3) is 3.96. The molecule has 2 N–H and O–H groups in total. The second-order valence-corrected chi connectivity index (χ2v) is 6.65. The molecule has 1 aliphatic heterocycles. The van der Waals surface area contributed by atoms with E-state index in [1.165, 1.54) is 12.8 Å². The van der Waals surface area contributed by atoms with Crippen LogP contribution in [0.4, 0.5) is 0 Å². The zero-order valence-corrected chi connectivity index (χ0v) is 13.4. The van der Waals surface area contributed by atoms with Crippen LogP contribution in [-0.2, 0) is 9.53 Å². The Kier molecular flexibility index (Phi) is 6.02. The molecule has 1 saturated carbocycles. The lowest BCUT2D eigenvalue weighted by Crippen LogP contribution is -2.52. The van der Waals surface area contributed by atoms with E-state index in [1.807, 2.05) is 0 Å². The Bertz CT molecular complexity index is 342. The number of methoxy groups -OCH3 is 1. The van der Waals surface area contributed by atoms with Crippen molar-refractivity contribution in [2.75, 3.05) is 33.4 Å². The van der Waals surface area contributed by atoms with Gasteiger partial charge in [0.1, 0.15) is 5.54 Å². The lowest BCUT2D eigenvalue weighted by atomic mass is 9.94. The van der Waals surface area contributed by atoms with Crippen LogP contribution in [0, 0.1) is 5.92 Å². The summed E-state index contributed by atoms with van der Waals surface area (Å²) in [4.78, 5) is 14.2. The van der Waals surface area contributed by atoms with Crippen molar-refractivity contribution in [2.45, 2.75) is 57.0 Å². The average Bonchev–Trinajstić information content (AvgIpc) is 2.92. The Morgan fingerprint density at radius 3 is 2.67 bits per heavy atom. The van der Waals surface area contributed by atoms with Gasteiger partial charge in [0.25, 0.3) is 0 Å². The molecule has 0 amide bonds. The van der Waals surface area contributed by atoms with Crippen LogP contribution in [0.25, 0.3) is 0 Å². The fraction of sp³-hybridized carbons (Fsp3) is 0.938. The van der Waals surface area contributed by atoms with Gasteiger partial charge in [-0.15, -0.1) is 0 Å². The summed E-state index contributed by atoms with van der Waals surface area (Å²) in [7, 11) is 1.77. The largest absolute Gasteiger partial charge is 0.480 e. The highest BCUT2D eigenvalue weighted by Crippen LogP contribution is 2.35. The van der Waals surface area contributed by atoms with Crippen LogP contribution in [0.2, 0.25) is 0 Å². The second kappa shape index (κ2) is 7.56. The fourth-order valence-electron chi connectivity index (χ4n) is 3.85. The second-order valence-electron chi connectivity index (χ2n) is 6.65. The summed E-state index contributed by atoms with van der Waals surface area (Å²) in [6.07, 6.45) is 5.82. The standard InChI is InChI=1S/C16H30N2O3/c1-3-8-17-16(15(19)20)7-4-14(11-16)18-9-5-13(6-10-18)12-21-2/h13-14,17H,3-12H2,1-2H3,(H,19,20). The number of rotatable bonds is 7. The van der Waals surface area contributed by atoms with Crippen molar-refractivity contribution >= 4 is 5.97 Å². The molecule has 0 bridgehead atoms. The SMILES string of the molecule is CCCNC1(C(=O)O)CCC(N2CCC(COC)CC2)C1. The van der Waals surface area contributed by atoms with Gasteiger partial charge in [0.15, 0.2) is 0 Å². The fourth-order valence-corrected chi connectivity index (χ4v) is 3.85. The first-order chi connectivity index (χ1) is 10.1. The van der Waals surface area contributed by atoms with Crippen molar-refractivity contribution in [3.63, 3.8) is 0 Å². The van der Waals surface area contributed by atoms with Gasteiger partial charge < -0.3 is 20.1 Å². The number of aliphatic carboxylic acids is 1. The molecular weight excluding hydrogens is 268 g/mol. The monoisotopic (exact) mass is 298 g/mol. The minimum Gasteiger partial charge on any atom is -0.480 e. The molecule has 0 aromatic carbocycles. The van der Waals surface area contributed by atoms with E-state index in [1.54, 1.807) is 7.11 Å². The maximum atomic E-state index is 11.7. The molecule has 2 aliphatic rings. The van der Waals surface area contributed by atoms with Crippen LogP contribution in [0.1, 0.15) is 45.4 Å². The van der Waals surface area contributed by atoms with Gasteiger partial charge in [0, 0.05) is 19.8 Å². The first-order valence-electron chi connectivity index (χ1n) is 8.32. The Morgan fingerprint density at radius 1 is 1.38 bits per heavy atom. The van der Waals surface area contributed by atoms with Crippen molar-refractivity contribution < 1.29 is 14.6 Å². The molecule has 0 aromatic rings. The summed E-state index contributed by atoms with van der Waals surface area (Å²) >= 11 is 0. The van der Waals surface area contributed by atoms with E-state index in [9.17, 15) is 9.90 Å². The topological polar surface area (TPSA) is 61.8 Å². The van der Waals surface area contributed by atoms with E-state index >= 15 is 0 Å². The Hall–Kier alpha value is -0.650. The maximum absolute atomic E-state index is 11.7. The highest BCUT2D eigenvalue weighted by molar-refractivity contribution is 5.79. The molecule has 2 rings (SSSR count). The molecule has 2 atom stereocenters. The number of ether oxygens (including phenoxy) is 1. The van der Waals surface area contributed by atoms with Gasteiger partial charge in [0.2, 0.25) is 0 Å². The summed E-state index contributed by atoms with van der Waals surface area (Å²) in [5.41, 5.74) is -0.690. The van der Waals surface area contributed by atoms with Crippen molar-refractivity contribution in [3.05, 3.63) is 0 Å². The predicted molar refractivity (Wildman–Crippen MR) is 82.5 cm³/mol. The smallest absolute Gasteiger partial charge is 0.323 e. The molecule has 2 fully saturated rings. The van der Waals surface area contributed by atoms with E-state index in [0.29, 0.717) is 12.0 Å². The highest BCUT2D eigenvalue weighted by Gasteiger charge is 2.46. The molecular formula is C16H30N2O3. The Labute approximate surface area is 128 Å². The number of piperidine rings is 1. The van der Waals surface area contributed by atoms with Gasteiger partial charge in [-0.2, -0.15) is 0 Å². The molecule has 1 heterocycles. The van der Waals surface area contributed by atoms with Crippen molar-refractivity contribution in [1.29, 1.82) is 0 Å². The molecule has 0 spiro atoms. The number of hydrogen-bond acceptors (Lipinski definition) is 4. The Morgan fingerprint density at radius 2 is 2.10 bits per heavy atom. The van der Waals surface area contributed by atoms with Gasteiger partial charge in [-0.3, -0.25) is 4.79 Å². The first kappa shape index (κ1) is 16.7. The molecule has 5 nitrogen and oxygen atoms in total. The summed E-state index contributed by atoms with van der Waals surface area (Å²) in [6, 6.07) is 0.425. The average molecular weight is 298 g/mol. The summed E-state index contributed by atoms with van der Waals surface area (Å²) in [5.74, 6) is 0.00261. The number of carboxylic acids is 1. The molecule has 5 heteroatoms. The minimum absolute atomic E-state index is 0.425. The lowest BCUT2D eigenvalue weighted by molar-refractivity contribution is -0.144. The van der Waals surface area contributed by atoms with Crippen LogP contribution < -0.4 is 5.32 Å². The van der Waals surface area contributed by atoms with Crippen molar-refractivity contribution in [2.24, 2.45) is 5.92 Å². The van der Waals surface area contributed by atoms with Gasteiger partial charge in [-0.05, 0) is 64.1 Å². The first-order valence-corrected chi connectivity index (χ1v) is 8.32. The number of nitrogens with zero attached hydrogens (tertiary/aromatic N) is 1. The summed E-state index contributed by atoms with van der Waals surface area (Å²) in [5, 5.41) is 12.9. The summed E-state index contributed by atoms with van der Waals surface area (Å²) in [6.45, 7) is 5.89. The van der Waals surface area contributed by atoms with Gasteiger partial charge in [0.05, 0.1) is 0 Å². The third-order valence-electron chi connectivity index (χ3n) is 5.18. The zero-order valence-electron chi connectivity index (χ0n) is 13.4. The van der Waals surface area contributed by atoms with Crippen LogP contribution in [0.15, 0.2) is 0 Å². The van der Waals surface area contributed by atoms with Crippen LogP contribution in [0.5, 0.6) is 0 Å². The zero-order chi connectivity index (χ0) is 15.3. The van der Waals surface area contributed by atoms with Crippen LogP contribution in [0.3, 0.4) is 0 Å². The molecule has 1 aliphatic carbocycles. The van der Waals surface area contributed by atoms with Crippen LogP contribution in [-0.4, -0.2) is 60.9 Å². The number of hydrogen-bond donors (Lipinski definition) is 2. The normalized spacial score (nSPS) is 31.6. The lowest BCUT2D eigenvalue weighted by Gasteiger charge is -2.36. The van der Waals surface area contributed by atoms with Crippen molar-refractivity contribution in [3.8, 4) is 0 Å². The molecule has 1 saturated heterocycles. The van der Waals surface area contributed by atoms with E-state index in [-0.39, 0.29) is 0 Å². The van der Waals surface area contributed by atoms with Gasteiger partial charge in [-0.25, -0.2) is 0 Å². The number of carbonyl (C=O) groups is 1. The highest BCUT2D eigenvalue weighted by atomic mass is 16.5. The predicted octanol–water partition coefficient (Wildman–Crippen LogP) is 1.72. The number of likely N-dealkylation sites (tertiary alicyclic amines) is 1. The summed E-state index contributed by atoms with van der Waals surface area (Å²) < 4.78 is 5.24. The quantitative estimate of drug-likeness (QED) is 0.749. The van der Waals surface area contributed by atoms with E-state index in [0.717, 1.165) is 51.9 Å². The van der Waals surface area contributed by atoms with Gasteiger partial charge >= 0.3 is 5.97 Å². The number of nitrogens with one attached hydrogen (secondary N) is 1. The molecule has 2 unspecified atom stereocenters. The van der Waals surface area contributed by atoms with E-state index in [4.69, 9.17) is 4.74 Å². The molecule has 122 valence electrons. The number of carboxylic acid groups (broad SMARTS) is 1. The van der Waals surface area contributed by atoms with Crippen molar-refractivity contribution in [1.82, 2.24) is 10.2 Å². The van der Waals surface area contributed by atoms with Gasteiger partial charge in [-0.1, -0.05) is 6.92 Å². The molecule has 0 aromatic heterocycles. The van der Waals surface area contributed by atoms with E-state index < -0.39 is 11.5 Å². The molecule has 0 radical (unpaired) electrons. The minimum atomic E-state index is -0.690. The van der Waals surface area contributed by atoms with E-state index in [2.05, 4.69) is 17.1 Å².